The maximum atomic E-state index is 13.1. The number of carbonyl (C=O) groups excluding carboxylic acids is 1. The summed E-state index contributed by atoms with van der Waals surface area (Å²) in [5, 5.41) is 5.09. The molecule has 0 fully saturated rings. The lowest BCUT2D eigenvalue weighted by Gasteiger charge is -2.31. The third-order valence-corrected chi connectivity index (χ3v) is 4.39. The minimum Gasteiger partial charge on any atom is -0.344 e. The Morgan fingerprint density at radius 1 is 1.33 bits per heavy atom. The minimum absolute atomic E-state index is 0.117. The Bertz CT molecular complexity index is 634. The van der Waals surface area contributed by atoms with E-state index in [9.17, 15) is 9.18 Å². The maximum absolute atomic E-state index is 13.1. The van der Waals surface area contributed by atoms with Crippen LogP contribution in [-0.2, 0) is 0 Å². The molecule has 0 radical (unpaired) electrons. The van der Waals surface area contributed by atoms with E-state index >= 15 is 0 Å². The first kappa shape index (κ1) is 16.0. The first-order chi connectivity index (χ1) is 9.79. The monoisotopic (exact) mass is 325 g/mol. The van der Waals surface area contributed by atoms with Crippen LogP contribution >= 0.6 is 22.9 Å². The van der Waals surface area contributed by atoms with Crippen LogP contribution in [0.5, 0.6) is 0 Å². The number of hydrogen-bond acceptors (Lipinski definition) is 2. The molecule has 1 N–H and O–H groups in total. The average molecular weight is 326 g/mol. The molecule has 1 atom stereocenters. The highest BCUT2D eigenvalue weighted by molar-refractivity contribution is 7.10. The summed E-state index contributed by atoms with van der Waals surface area (Å²) < 4.78 is 13.1. The standard InChI is InChI=1S/C16H17ClFNOS/c1-16(2,3)14(13-5-4-8-21-13)19-15(20)11-7-6-10(18)9-12(11)17/h4-9,14H,1-3H3,(H,19,20)/t14-/m0/s1. The molecule has 0 spiro atoms. The summed E-state index contributed by atoms with van der Waals surface area (Å²) >= 11 is 7.54. The van der Waals surface area contributed by atoms with Crippen molar-refractivity contribution >= 4 is 28.8 Å². The highest BCUT2D eigenvalue weighted by Gasteiger charge is 2.29. The Kier molecular flexibility index (Phi) is 4.69. The summed E-state index contributed by atoms with van der Waals surface area (Å²) in [4.78, 5) is 13.5. The van der Waals surface area contributed by atoms with E-state index in [-0.39, 0.29) is 28.0 Å². The highest BCUT2D eigenvalue weighted by Crippen LogP contribution is 2.35. The molecule has 2 aromatic rings. The van der Waals surface area contributed by atoms with Crippen LogP contribution in [-0.4, -0.2) is 5.91 Å². The molecule has 0 saturated heterocycles. The molecule has 1 heterocycles. The normalized spacial score (nSPS) is 13.0. The van der Waals surface area contributed by atoms with Gasteiger partial charge in [-0.05, 0) is 35.1 Å². The number of nitrogens with one attached hydrogen (secondary N) is 1. The van der Waals surface area contributed by atoms with Gasteiger partial charge < -0.3 is 5.32 Å². The molecule has 0 saturated carbocycles. The molecule has 0 aliphatic heterocycles. The van der Waals surface area contributed by atoms with Crippen LogP contribution in [0.25, 0.3) is 0 Å². The quantitative estimate of drug-likeness (QED) is 0.839. The predicted octanol–water partition coefficient (Wildman–Crippen LogP) is 5.06. The van der Waals surface area contributed by atoms with Gasteiger partial charge in [0.1, 0.15) is 5.82 Å². The Morgan fingerprint density at radius 3 is 2.57 bits per heavy atom. The number of rotatable bonds is 3. The highest BCUT2D eigenvalue weighted by atomic mass is 35.5. The number of benzene rings is 1. The fourth-order valence-electron chi connectivity index (χ4n) is 2.05. The molecular formula is C16H17ClFNOS. The van der Waals surface area contributed by atoms with Crippen molar-refractivity contribution < 1.29 is 9.18 Å². The van der Waals surface area contributed by atoms with Crippen molar-refractivity contribution in [3.63, 3.8) is 0 Å². The second kappa shape index (κ2) is 6.16. The number of halogens is 2. The molecule has 0 aliphatic rings. The van der Waals surface area contributed by atoms with Crippen molar-refractivity contribution in [3.05, 3.63) is 57.0 Å². The fraction of sp³-hybridized carbons (Fsp3) is 0.312. The first-order valence-corrected chi connectivity index (χ1v) is 7.84. The van der Waals surface area contributed by atoms with Crippen LogP contribution in [0, 0.1) is 11.2 Å². The lowest BCUT2D eigenvalue weighted by atomic mass is 9.85. The Morgan fingerprint density at radius 2 is 2.05 bits per heavy atom. The van der Waals surface area contributed by atoms with E-state index in [1.807, 2.05) is 17.5 Å². The lowest BCUT2D eigenvalue weighted by Crippen LogP contribution is -2.36. The van der Waals surface area contributed by atoms with Gasteiger partial charge in [0.25, 0.3) is 5.91 Å². The van der Waals surface area contributed by atoms with Crippen LogP contribution in [0.4, 0.5) is 4.39 Å². The number of thiophene rings is 1. The molecule has 0 bridgehead atoms. The minimum atomic E-state index is -0.456. The van der Waals surface area contributed by atoms with Gasteiger partial charge in [0.2, 0.25) is 0 Å². The molecule has 2 nitrogen and oxygen atoms in total. The predicted molar refractivity (Wildman–Crippen MR) is 85.4 cm³/mol. The zero-order valence-corrected chi connectivity index (χ0v) is 13.7. The van der Waals surface area contributed by atoms with Gasteiger partial charge in [-0.1, -0.05) is 38.4 Å². The Balaban J connectivity index is 2.27. The van der Waals surface area contributed by atoms with Gasteiger partial charge >= 0.3 is 0 Å². The van der Waals surface area contributed by atoms with E-state index in [4.69, 9.17) is 11.6 Å². The van der Waals surface area contributed by atoms with E-state index in [1.165, 1.54) is 12.1 Å². The van der Waals surface area contributed by atoms with Crippen LogP contribution in [0.1, 0.15) is 42.0 Å². The number of carbonyl (C=O) groups is 1. The molecule has 1 aromatic carbocycles. The Hall–Kier alpha value is -1.39. The maximum Gasteiger partial charge on any atom is 0.253 e. The molecule has 0 unspecified atom stereocenters. The third-order valence-electron chi connectivity index (χ3n) is 3.14. The Labute approximate surface area is 132 Å². The molecule has 1 amide bonds. The first-order valence-electron chi connectivity index (χ1n) is 6.58. The van der Waals surface area contributed by atoms with E-state index in [1.54, 1.807) is 11.3 Å². The largest absolute Gasteiger partial charge is 0.344 e. The molecule has 1 aromatic heterocycles. The van der Waals surface area contributed by atoms with Crippen LogP contribution in [0.3, 0.4) is 0 Å². The van der Waals surface area contributed by atoms with Gasteiger partial charge in [0.05, 0.1) is 16.6 Å². The van der Waals surface area contributed by atoms with Crippen molar-refractivity contribution in [1.29, 1.82) is 0 Å². The lowest BCUT2D eigenvalue weighted by molar-refractivity contribution is 0.0903. The second-order valence-corrected chi connectivity index (χ2v) is 7.30. The average Bonchev–Trinajstić information content (AvgIpc) is 2.87. The summed E-state index contributed by atoms with van der Waals surface area (Å²) in [6.07, 6.45) is 0. The summed E-state index contributed by atoms with van der Waals surface area (Å²) in [6.45, 7) is 6.18. The zero-order chi connectivity index (χ0) is 15.6. The van der Waals surface area contributed by atoms with Gasteiger partial charge in [-0.2, -0.15) is 0 Å². The molecule has 112 valence electrons. The van der Waals surface area contributed by atoms with Crippen LogP contribution in [0.2, 0.25) is 5.02 Å². The van der Waals surface area contributed by atoms with Gasteiger partial charge in [0, 0.05) is 4.88 Å². The van der Waals surface area contributed by atoms with Crippen molar-refractivity contribution in [2.75, 3.05) is 0 Å². The van der Waals surface area contributed by atoms with E-state index < -0.39 is 5.82 Å². The van der Waals surface area contributed by atoms with Gasteiger partial charge in [-0.25, -0.2) is 4.39 Å². The summed E-state index contributed by atoms with van der Waals surface area (Å²) in [5.41, 5.74) is 0.136. The molecule has 2 rings (SSSR count). The summed E-state index contributed by atoms with van der Waals surface area (Å²) in [7, 11) is 0. The fourth-order valence-corrected chi connectivity index (χ4v) is 3.33. The summed E-state index contributed by atoms with van der Waals surface area (Å²) in [5.74, 6) is -0.754. The summed E-state index contributed by atoms with van der Waals surface area (Å²) in [6, 6.07) is 7.60. The van der Waals surface area contributed by atoms with Crippen LogP contribution in [0.15, 0.2) is 35.7 Å². The topological polar surface area (TPSA) is 29.1 Å². The molecule has 21 heavy (non-hydrogen) atoms. The molecular weight excluding hydrogens is 309 g/mol. The van der Waals surface area contributed by atoms with Gasteiger partial charge in [-0.15, -0.1) is 11.3 Å². The van der Waals surface area contributed by atoms with Crippen molar-refractivity contribution in [3.8, 4) is 0 Å². The van der Waals surface area contributed by atoms with Crippen molar-refractivity contribution in [2.45, 2.75) is 26.8 Å². The zero-order valence-electron chi connectivity index (χ0n) is 12.1. The van der Waals surface area contributed by atoms with Crippen molar-refractivity contribution in [2.24, 2.45) is 5.41 Å². The van der Waals surface area contributed by atoms with E-state index in [2.05, 4.69) is 26.1 Å². The van der Waals surface area contributed by atoms with Gasteiger partial charge in [0.15, 0.2) is 0 Å². The van der Waals surface area contributed by atoms with E-state index in [0.717, 1.165) is 10.9 Å². The van der Waals surface area contributed by atoms with Crippen LogP contribution < -0.4 is 5.32 Å². The smallest absolute Gasteiger partial charge is 0.253 e. The van der Waals surface area contributed by atoms with Gasteiger partial charge in [-0.3, -0.25) is 4.79 Å². The SMILES string of the molecule is CC(C)(C)[C@@H](NC(=O)c1ccc(F)cc1Cl)c1cccs1. The molecule has 0 aliphatic carbocycles. The second-order valence-electron chi connectivity index (χ2n) is 5.91. The third kappa shape index (κ3) is 3.83. The number of hydrogen-bond donors (Lipinski definition) is 1. The molecule has 5 heteroatoms. The van der Waals surface area contributed by atoms with Crippen molar-refractivity contribution in [1.82, 2.24) is 5.32 Å². The van der Waals surface area contributed by atoms with E-state index in [0.29, 0.717) is 0 Å². The number of amides is 1.